The van der Waals surface area contributed by atoms with Crippen molar-refractivity contribution in [2.45, 2.75) is 11.9 Å². The lowest BCUT2D eigenvalue weighted by atomic mass is 10.2. The molecule has 16 heavy (non-hydrogen) atoms. The van der Waals surface area contributed by atoms with E-state index in [0.29, 0.717) is 13.1 Å². The number of pyridine rings is 1. The lowest BCUT2D eigenvalue weighted by Gasteiger charge is -2.19. The van der Waals surface area contributed by atoms with E-state index in [9.17, 15) is 8.42 Å². The second-order valence-corrected chi connectivity index (χ2v) is 5.79. The van der Waals surface area contributed by atoms with Gasteiger partial charge < -0.3 is 5.73 Å². The first-order chi connectivity index (χ1) is 7.48. The Morgan fingerprint density at radius 3 is 2.69 bits per heavy atom. The molecule has 0 aromatic carbocycles. The van der Waals surface area contributed by atoms with Crippen LogP contribution in [-0.4, -0.2) is 37.8 Å². The number of aromatic nitrogens is 1. The van der Waals surface area contributed by atoms with Crippen molar-refractivity contribution in [1.82, 2.24) is 9.29 Å². The maximum Gasteiger partial charge on any atom is 0.260 e. The Morgan fingerprint density at radius 1 is 1.50 bits per heavy atom. The third-order valence-electron chi connectivity index (χ3n) is 2.28. The summed E-state index contributed by atoms with van der Waals surface area (Å²) in [5.74, 6) is 0.128. The topological polar surface area (TPSA) is 76.3 Å². The van der Waals surface area contributed by atoms with Crippen molar-refractivity contribution in [3.05, 3.63) is 24.4 Å². The Morgan fingerprint density at radius 2 is 2.19 bits per heavy atom. The average Bonchev–Trinajstić information content (AvgIpc) is 2.29. The second-order valence-electron chi connectivity index (χ2n) is 3.79. The molecule has 0 amide bonds. The van der Waals surface area contributed by atoms with Gasteiger partial charge in [-0.05, 0) is 24.6 Å². The van der Waals surface area contributed by atoms with Gasteiger partial charge in [-0.1, -0.05) is 13.0 Å². The SMILES string of the molecule is CC(CN)CN(C)S(=O)(=O)c1ccccn1. The fourth-order valence-electron chi connectivity index (χ4n) is 1.27. The van der Waals surface area contributed by atoms with Crippen LogP contribution in [0.25, 0.3) is 0 Å². The lowest BCUT2D eigenvalue weighted by Crippen LogP contribution is -2.33. The molecule has 5 nitrogen and oxygen atoms in total. The summed E-state index contributed by atoms with van der Waals surface area (Å²) in [6.45, 7) is 2.77. The molecule has 0 aliphatic carbocycles. The zero-order valence-corrected chi connectivity index (χ0v) is 10.3. The average molecular weight is 243 g/mol. The van der Waals surface area contributed by atoms with Crippen LogP contribution in [-0.2, 0) is 10.0 Å². The molecule has 0 radical (unpaired) electrons. The fourth-order valence-corrected chi connectivity index (χ4v) is 2.49. The van der Waals surface area contributed by atoms with Crippen LogP contribution in [0.15, 0.2) is 29.4 Å². The summed E-state index contributed by atoms with van der Waals surface area (Å²) in [6.07, 6.45) is 1.47. The minimum atomic E-state index is -3.48. The number of sulfonamides is 1. The fraction of sp³-hybridized carbons (Fsp3) is 0.500. The van der Waals surface area contributed by atoms with Gasteiger partial charge in [-0.15, -0.1) is 0 Å². The Balaban J connectivity index is 2.87. The molecule has 0 aliphatic rings. The number of rotatable bonds is 5. The van der Waals surface area contributed by atoms with E-state index in [1.807, 2.05) is 6.92 Å². The zero-order valence-electron chi connectivity index (χ0n) is 9.50. The monoisotopic (exact) mass is 243 g/mol. The molecule has 1 heterocycles. The molecule has 1 rings (SSSR count). The van der Waals surface area contributed by atoms with Gasteiger partial charge >= 0.3 is 0 Å². The van der Waals surface area contributed by atoms with E-state index in [-0.39, 0.29) is 10.9 Å². The molecular formula is C10H17N3O2S. The van der Waals surface area contributed by atoms with Crippen LogP contribution in [0.1, 0.15) is 6.92 Å². The molecule has 1 aromatic heterocycles. The smallest absolute Gasteiger partial charge is 0.260 e. The van der Waals surface area contributed by atoms with E-state index in [1.165, 1.54) is 23.6 Å². The van der Waals surface area contributed by atoms with Gasteiger partial charge in [0.25, 0.3) is 10.0 Å². The molecule has 0 saturated carbocycles. The highest BCUT2D eigenvalue weighted by molar-refractivity contribution is 7.89. The summed E-state index contributed by atoms with van der Waals surface area (Å²) < 4.78 is 25.3. The van der Waals surface area contributed by atoms with Gasteiger partial charge in [-0.25, -0.2) is 13.4 Å². The van der Waals surface area contributed by atoms with Gasteiger partial charge in [-0.3, -0.25) is 0 Å². The molecule has 0 bridgehead atoms. The van der Waals surface area contributed by atoms with E-state index >= 15 is 0 Å². The van der Waals surface area contributed by atoms with Crippen molar-refractivity contribution in [3.8, 4) is 0 Å². The summed E-state index contributed by atoms with van der Waals surface area (Å²) in [7, 11) is -1.94. The highest BCUT2D eigenvalue weighted by Gasteiger charge is 2.22. The highest BCUT2D eigenvalue weighted by atomic mass is 32.2. The minimum Gasteiger partial charge on any atom is -0.330 e. The quantitative estimate of drug-likeness (QED) is 0.807. The lowest BCUT2D eigenvalue weighted by molar-refractivity contribution is 0.403. The maximum absolute atomic E-state index is 12.0. The molecule has 1 unspecified atom stereocenters. The molecule has 2 N–H and O–H groups in total. The third-order valence-corrected chi connectivity index (χ3v) is 4.02. The molecule has 90 valence electrons. The largest absolute Gasteiger partial charge is 0.330 e. The van der Waals surface area contributed by atoms with Crippen LogP contribution in [0.2, 0.25) is 0 Å². The van der Waals surface area contributed by atoms with Crippen molar-refractivity contribution in [2.24, 2.45) is 11.7 Å². The van der Waals surface area contributed by atoms with Crippen LogP contribution < -0.4 is 5.73 Å². The number of hydrogen-bond donors (Lipinski definition) is 1. The van der Waals surface area contributed by atoms with Crippen molar-refractivity contribution in [1.29, 1.82) is 0 Å². The first-order valence-electron chi connectivity index (χ1n) is 5.06. The first-order valence-corrected chi connectivity index (χ1v) is 6.50. The maximum atomic E-state index is 12.0. The number of nitrogens with two attached hydrogens (primary N) is 1. The summed E-state index contributed by atoms with van der Waals surface area (Å²) in [6, 6.07) is 4.82. The predicted molar refractivity (Wildman–Crippen MR) is 62.3 cm³/mol. The van der Waals surface area contributed by atoms with Crippen LogP contribution >= 0.6 is 0 Å². The molecule has 0 fully saturated rings. The Hall–Kier alpha value is -0.980. The van der Waals surface area contributed by atoms with Crippen molar-refractivity contribution in [3.63, 3.8) is 0 Å². The van der Waals surface area contributed by atoms with Gasteiger partial charge in [0.2, 0.25) is 0 Å². The van der Waals surface area contributed by atoms with E-state index in [1.54, 1.807) is 12.1 Å². The minimum absolute atomic E-state index is 0.0710. The molecular weight excluding hydrogens is 226 g/mol. The number of hydrogen-bond acceptors (Lipinski definition) is 4. The van der Waals surface area contributed by atoms with Crippen molar-refractivity contribution < 1.29 is 8.42 Å². The molecule has 1 atom stereocenters. The van der Waals surface area contributed by atoms with E-state index in [2.05, 4.69) is 4.98 Å². The third kappa shape index (κ3) is 3.01. The van der Waals surface area contributed by atoms with Crippen molar-refractivity contribution >= 4 is 10.0 Å². The molecule has 1 aromatic rings. The van der Waals surface area contributed by atoms with Crippen LogP contribution in [0.4, 0.5) is 0 Å². The highest BCUT2D eigenvalue weighted by Crippen LogP contribution is 2.11. The van der Waals surface area contributed by atoms with E-state index in [0.717, 1.165) is 0 Å². The molecule has 0 spiro atoms. The molecule has 6 heteroatoms. The molecule has 0 saturated heterocycles. The summed E-state index contributed by atoms with van der Waals surface area (Å²) in [4.78, 5) is 3.84. The zero-order chi connectivity index (χ0) is 12.2. The van der Waals surface area contributed by atoms with Crippen molar-refractivity contribution in [2.75, 3.05) is 20.1 Å². The Kier molecular flexibility index (Phi) is 4.40. The second kappa shape index (κ2) is 5.38. The van der Waals surface area contributed by atoms with Gasteiger partial charge in [0, 0.05) is 19.8 Å². The summed E-state index contributed by atoms with van der Waals surface area (Å²) >= 11 is 0. The number of nitrogens with zero attached hydrogens (tertiary/aromatic N) is 2. The first kappa shape index (κ1) is 13.1. The van der Waals surface area contributed by atoms with Gasteiger partial charge in [-0.2, -0.15) is 4.31 Å². The summed E-state index contributed by atoms with van der Waals surface area (Å²) in [5.41, 5.74) is 5.47. The predicted octanol–water partition coefficient (Wildman–Crippen LogP) is 0.297. The molecule has 0 aliphatic heterocycles. The van der Waals surface area contributed by atoms with Crippen LogP contribution in [0.5, 0.6) is 0 Å². The Bertz CT molecular complexity index is 419. The van der Waals surface area contributed by atoms with Gasteiger partial charge in [0.05, 0.1) is 0 Å². The Labute approximate surface area is 96.3 Å². The summed E-state index contributed by atoms with van der Waals surface area (Å²) in [5, 5.41) is 0.0710. The van der Waals surface area contributed by atoms with Crippen LogP contribution in [0, 0.1) is 5.92 Å². The van der Waals surface area contributed by atoms with E-state index < -0.39 is 10.0 Å². The van der Waals surface area contributed by atoms with Crippen LogP contribution in [0.3, 0.4) is 0 Å². The standard InChI is InChI=1S/C10H17N3O2S/c1-9(7-11)8-13(2)16(14,15)10-5-3-4-6-12-10/h3-6,9H,7-8,11H2,1-2H3. The normalized spacial score (nSPS) is 14.0. The van der Waals surface area contributed by atoms with Gasteiger partial charge in [0.15, 0.2) is 5.03 Å². The van der Waals surface area contributed by atoms with E-state index in [4.69, 9.17) is 5.73 Å². The van der Waals surface area contributed by atoms with Gasteiger partial charge in [0.1, 0.15) is 0 Å².